The molecule has 4 nitrogen and oxygen atoms in total. The van der Waals surface area contributed by atoms with Crippen LogP contribution in [0.4, 0.5) is 0 Å². The van der Waals surface area contributed by atoms with Gasteiger partial charge in [-0.05, 0) is 31.9 Å². The zero-order valence-electron chi connectivity index (χ0n) is 14.0. The van der Waals surface area contributed by atoms with E-state index >= 15 is 0 Å². The van der Waals surface area contributed by atoms with Crippen LogP contribution in [0, 0.1) is 6.92 Å². The van der Waals surface area contributed by atoms with Crippen molar-refractivity contribution in [2.75, 3.05) is 13.1 Å². The van der Waals surface area contributed by atoms with Crippen molar-refractivity contribution in [2.24, 2.45) is 0 Å². The van der Waals surface area contributed by atoms with E-state index in [2.05, 4.69) is 19.1 Å². The third-order valence-corrected chi connectivity index (χ3v) is 5.13. The normalized spacial score (nSPS) is 21.4. The van der Waals surface area contributed by atoms with Crippen LogP contribution in [-0.4, -0.2) is 40.7 Å². The fourth-order valence-electron chi connectivity index (χ4n) is 3.64. The van der Waals surface area contributed by atoms with Crippen molar-refractivity contribution in [1.82, 2.24) is 4.90 Å². The minimum atomic E-state index is -0.744. The molecular formula is C19H27NO3. The highest BCUT2D eigenvalue weighted by molar-refractivity contribution is 5.77. The summed E-state index contributed by atoms with van der Waals surface area (Å²) in [4.78, 5) is 14.3. The molecule has 1 amide bonds. The second kappa shape index (κ2) is 6.91. The lowest BCUT2D eigenvalue weighted by Gasteiger charge is -2.34. The maximum Gasteiger partial charge on any atom is 0.225 e. The minimum absolute atomic E-state index is 0.100. The molecule has 1 aromatic carbocycles. The molecular weight excluding hydrogens is 290 g/mol. The standard InChI is InChI=1S/C19H27NO3/c1-15-4-6-16(7-5-15)23-17-8-12-20(13-9-17)18(21)14-19(22)10-2-3-11-19/h4-7,17,22H,2-3,8-14H2,1H3. The second-order valence-electron chi connectivity index (χ2n) is 7.12. The Balaban J connectivity index is 1.46. The molecule has 0 bridgehead atoms. The first kappa shape index (κ1) is 16.3. The van der Waals surface area contributed by atoms with E-state index < -0.39 is 5.60 Å². The van der Waals surface area contributed by atoms with Crippen LogP contribution in [0.1, 0.15) is 50.5 Å². The van der Waals surface area contributed by atoms with Crippen LogP contribution < -0.4 is 4.74 Å². The van der Waals surface area contributed by atoms with Gasteiger partial charge in [-0.1, -0.05) is 30.5 Å². The van der Waals surface area contributed by atoms with E-state index in [-0.39, 0.29) is 18.4 Å². The van der Waals surface area contributed by atoms with Gasteiger partial charge in [0.1, 0.15) is 11.9 Å². The summed E-state index contributed by atoms with van der Waals surface area (Å²) < 4.78 is 6.00. The fourth-order valence-corrected chi connectivity index (χ4v) is 3.64. The SMILES string of the molecule is Cc1ccc(OC2CCN(C(=O)CC3(O)CCCC3)CC2)cc1. The van der Waals surface area contributed by atoms with Gasteiger partial charge in [0.25, 0.3) is 0 Å². The molecule has 1 saturated heterocycles. The summed E-state index contributed by atoms with van der Waals surface area (Å²) in [7, 11) is 0. The molecule has 3 rings (SSSR count). The number of amides is 1. The van der Waals surface area contributed by atoms with Gasteiger partial charge in [-0.25, -0.2) is 0 Å². The van der Waals surface area contributed by atoms with Gasteiger partial charge in [0.15, 0.2) is 0 Å². The first-order chi connectivity index (χ1) is 11.0. The summed E-state index contributed by atoms with van der Waals surface area (Å²) in [5.41, 5.74) is 0.481. The third kappa shape index (κ3) is 4.25. The Labute approximate surface area is 138 Å². The molecule has 0 unspecified atom stereocenters. The van der Waals surface area contributed by atoms with Gasteiger partial charge in [-0.15, -0.1) is 0 Å². The summed E-state index contributed by atoms with van der Waals surface area (Å²) in [5, 5.41) is 10.4. The van der Waals surface area contributed by atoms with Crippen molar-refractivity contribution in [3.8, 4) is 5.75 Å². The summed E-state index contributed by atoms with van der Waals surface area (Å²) in [6.07, 6.45) is 5.80. The average molecular weight is 317 g/mol. The second-order valence-corrected chi connectivity index (χ2v) is 7.12. The molecule has 0 aromatic heterocycles. The van der Waals surface area contributed by atoms with Crippen LogP contribution in [0.2, 0.25) is 0 Å². The number of carbonyl (C=O) groups is 1. The number of likely N-dealkylation sites (tertiary alicyclic amines) is 1. The Kier molecular flexibility index (Phi) is 4.90. The summed E-state index contributed by atoms with van der Waals surface area (Å²) >= 11 is 0. The van der Waals surface area contributed by atoms with Crippen molar-refractivity contribution in [2.45, 2.75) is 63.6 Å². The molecule has 1 heterocycles. The van der Waals surface area contributed by atoms with E-state index in [1.54, 1.807) is 0 Å². The van der Waals surface area contributed by atoms with Crippen molar-refractivity contribution >= 4 is 5.91 Å². The third-order valence-electron chi connectivity index (χ3n) is 5.13. The van der Waals surface area contributed by atoms with Gasteiger partial charge in [0.2, 0.25) is 5.91 Å². The van der Waals surface area contributed by atoms with Crippen molar-refractivity contribution in [1.29, 1.82) is 0 Å². The van der Waals surface area contributed by atoms with Gasteiger partial charge in [0, 0.05) is 25.9 Å². The van der Waals surface area contributed by atoms with Gasteiger partial charge < -0.3 is 14.7 Å². The highest BCUT2D eigenvalue weighted by atomic mass is 16.5. The predicted molar refractivity (Wildman–Crippen MR) is 89.4 cm³/mol. The molecule has 1 N–H and O–H groups in total. The van der Waals surface area contributed by atoms with Gasteiger partial charge in [0.05, 0.1) is 12.0 Å². The summed E-state index contributed by atoms with van der Waals surface area (Å²) in [6, 6.07) is 8.11. The maximum absolute atomic E-state index is 12.4. The summed E-state index contributed by atoms with van der Waals surface area (Å²) in [5.74, 6) is 1.00. The molecule has 2 fully saturated rings. The van der Waals surface area contributed by atoms with E-state index in [0.717, 1.165) is 57.4 Å². The quantitative estimate of drug-likeness (QED) is 0.928. The van der Waals surface area contributed by atoms with Crippen LogP contribution in [0.25, 0.3) is 0 Å². The number of aryl methyl sites for hydroxylation is 1. The lowest BCUT2D eigenvalue weighted by Crippen LogP contribution is -2.44. The minimum Gasteiger partial charge on any atom is -0.490 e. The van der Waals surface area contributed by atoms with E-state index in [1.807, 2.05) is 17.0 Å². The van der Waals surface area contributed by atoms with E-state index in [4.69, 9.17) is 4.74 Å². The Bertz CT molecular complexity index is 526. The van der Waals surface area contributed by atoms with Crippen LogP contribution >= 0.6 is 0 Å². The number of aliphatic hydroxyl groups is 1. The largest absolute Gasteiger partial charge is 0.490 e. The molecule has 0 spiro atoms. The molecule has 0 radical (unpaired) electrons. The Morgan fingerprint density at radius 3 is 2.43 bits per heavy atom. The number of benzene rings is 1. The molecule has 126 valence electrons. The molecule has 1 aliphatic carbocycles. The van der Waals surface area contributed by atoms with Gasteiger partial charge >= 0.3 is 0 Å². The first-order valence-corrected chi connectivity index (χ1v) is 8.78. The average Bonchev–Trinajstić information content (AvgIpc) is 2.96. The number of piperidine rings is 1. The molecule has 4 heteroatoms. The van der Waals surface area contributed by atoms with E-state index in [1.165, 1.54) is 5.56 Å². The highest BCUT2D eigenvalue weighted by Gasteiger charge is 2.35. The number of hydrogen-bond donors (Lipinski definition) is 1. The Morgan fingerprint density at radius 1 is 1.22 bits per heavy atom. The van der Waals surface area contributed by atoms with Crippen molar-refractivity contribution < 1.29 is 14.6 Å². The fraction of sp³-hybridized carbons (Fsp3) is 0.632. The van der Waals surface area contributed by atoms with Crippen molar-refractivity contribution in [3.05, 3.63) is 29.8 Å². The topological polar surface area (TPSA) is 49.8 Å². The zero-order valence-corrected chi connectivity index (χ0v) is 14.0. The summed E-state index contributed by atoms with van der Waals surface area (Å²) in [6.45, 7) is 3.52. The lowest BCUT2D eigenvalue weighted by atomic mass is 9.96. The van der Waals surface area contributed by atoms with E-state index in [9.17, 15) is 9.90 Å². The number of nitrogens with zero attached hydrogens (tertiary/aromatic N) is 1. The number of rotatable bonds is 4. The molecule has 23 heavy (non-hydrogen) atoms. The predicted octanol–water partition coefficient (Wildman–Crippen LogP) is 3.06. The van der Waals surface area contributed by atoms with Crippen LogP contribution in [0.15, 0.2) is 24.3 Å². The molecule has 2 aliphatic rings. The molecule has 1 aromatic rings. The Morgan fingerprint density at radius 2 is 1.83 bits per heavy atom. The Hall–Kier alpha value is -1.55. The zero-order chi connectivity index (χ0) is 16.3. The molecule has 0 atom stereocenters. The number of carbonyl (C=O) groups excluding carboxylic acids is 1. The van der Waals surface area contributed by atoms with Gasteiger partial charge in [-0.2, -0.15) is 0 Å². The number of ether oxygens (including phenoxy) is 1. The smallest absolute Gasteiger partial charge is 0.225 e. The first-order valence-electron chi connectivity index (χ1n) is 8.78. The molecule has 1 saturated carbocycles. The van der Waals surface area contributed by atoms with Crippen LogP contribution in [-0.2, 0) is 4.79 Å². The van der Waals surface area contributed by atoms with Gasteiger partial charge in [-0.3, -0.25) is 4.79 Å². The monoisotopic (exact) mass is 317 g/mol. The molecule has 1 aliphatic heterocycles. The highest BCUT2D eigenvalue weighted by Crippen LogP contribution is 2.33. The van der Waals surface area contributed by atoms with Crippen LogP contribution in [0.3, 0.4) is 0 Å². The number of hydrogen-bond acceptors (Lipinski definition) is 3. The van der Waals surface area contributed by atoms with E-state index in [0.29, 0.717) is 0 Å². The maximum atomic E-state index is 12.4. The lowest BCUT2D eigenvalue weighted by molar-refractivity contribution is -0.138. The van der Waals surface area contributed by atoms with Crippen LogP contribution in [0.5, 0.6) is 5.75 Å². The van der Waals surface area contributed by atoms with Crippen molar-refractivity contribution in [3.63, 3.8) is 0 Å².